The lowest BCUT2D eigenvalue weighted by atomic mass is 9.96. The number of carbonyl (C=O) groups excluding carboxylic acids is 1. The van der Waals surface area contributed by atoms with E-state index in [1.165, 1.54) is 11.3 Å². The Bertz CT molecular complexity index is 1930. The van der Waals surface area contributed by atoms with Crippen molar-refractivity contribution < 1.29 is 23.7 Å². The topological polar surface area (TPSA) is 88.4 Å². The van der Waals surface area contributed by atoms with Gasteiger partial charge in [0.2, 0.25) is 0 Å². The number of benzene rings is 3. The SMILES string of the molecule is CCOC(=O)C1=C(C)N=c2s/c(=C\c3cc(Cl)c(OCc4cccc(Cl)c4)c(OCC)c3)c(=O)n2[C@@H]1c1ccc(OCC)cc1. The van der Waals surface area contributed by atoms with Gasteiger partial charge < -0.3 is 18.9 Å². The molecular weight excluding hydrogens is 635 g/mol. The molecule has 4 aromatic rings. The van der Waals surface area contributed by atoms with Crippen LogP contribution in [0.15, 0.2) is 81.7 Å². The van der Waals surface area contributed by atoms with Gasteiger partial charge in [-0.1, -0.05) is 58.8 Å². The molecule has 45 heavy (non-hydrogen) atoms. The average molecular weight is 668 g/mol. The summed E-state index contributed by atoms with van der Waals surface area (Å²) in [7, 11) is 0. The second-order valence-corrected chi connectivity index (χ2v) is 11.8. The zero-order chi connectivity index (χ0) is 32.1. The van der Waals surface area contributed by atoms with Crippen LogP contribution in [-0.2, 0) is 16.1 Å². The summed E-state index contributed by atoms with van der Waals surface area (Å²) in [6.07, 6.45) is 1.73. The quantitative estimate of drug-likeness (QED) is 0.170. The highest BCUT2D eigenvalue weighted by molar-refractivity contribution is 7.07. The Morgan fingerprint density at radius 2 is 1.73 bits per heavy atom. The van der Waals surface area contributed by atoms with Gasteiger partial charge in [-0.15, -0.1) is 0 Å². The maximum Gasteiger partial charge on any atom is 0.338 e. The highest BCUT2D eigenvalue weighted by Gasteiger charge is 2.33. The number of carbonyl (C=O) groups is 1. The molecule has 0 aliphatic carbocycles. The molecule has 0 spiro atoms. The molecule has 1 aliphatic rings. The third kappa shape index (κ3) is 7.11. The summed E-state index contributed by atoms with van der Waals surface area (Å²) in [5, 5.41) is 0.938. The van der Waals surface area contributed by atoms with Crippen LogP contribution in [0.25, 0.3) is 6.08 Å². The smallest absolute Gasteiger partial charge is 0.338 e. The Kier molecular flexibility index (Phi) is 10.3. The van der Waals surface area contributed by atoms with E-state index in [0.717, 1.165) is 11.1 Å². The number of fused-ring (bicyclic) bond motifs is 1. The molecular formula is C34H32Cl2N2O6S. The zero-order valence-electron chi connectivity index (χ0n) is 25.3. The summed E-state index contributed by atoms with van der Waals surface area (Å²) in [6.45, 7) is 8.60. The number of allylic oxidation sites excluding steroid dienone is 1. The molecule has 0 unspecified atom stereocenters. The summed E-state index contributed by atoms with van der Waals surface area (Å²) < 4.78 is 24.9. The van der Waals surface area contributed by atoms with E-state index in [-0.39, 0.29) is 18.8 Å². The minimum Gasteiger partial charge on any atom is -0.494 e. The summed E-state index contributed by atoms with van der Waals surface area (Å²) in [5.74, 6) is 1.00. The van der Waals surface area contributed by atoms with Crippen molar-refractivity contribution in [2.75, 3.05) is 19.8 Å². The predicted octanol–water partition coefficient (Wildman–Crippen LogP) is 6.48. The van der Waals surface area contributed by atoms with E-state index in [0.29, 0.717) is 66.7 Å². The Hall–Kier alpha value is -4.05. The van der Waals surface area contributed by atoms with E-state index in [1.54, 1.807) is 42.7 Å². The van der Waals surface area contributed by atoms with E-state index >= 15 is 0 Å². The summed E-state index contributed by atoms with van der Waals surface area (Å²) in [6, 6.07) is 17.5. The molecule has 1 aromatic heterocycles. The van der Waals surface area contributed by atoms with Crippen molar-refractivity contribution >= 4 is 46.6 Å². The van der Waals surface area contributed by atoms with Crippen LogP contribution in [0.4, 0.5) is 0 Å². The number of halogens is 2. The number of hydrogen-bond acceptors (Lipinski definition) is 8. The third-order valence-corrected chi connectivity index (χ3v) is 8.42. The number of ether oxygens (including phenoxy) is 4. The Balaban J connectivity index is 1.58. The molecule has 1 atom stereocenters. The van der Waals surface area contributed by atoms with Crippen molar-refractivity contribution in [1.29, 1.82) is 0 Å². The second kappa shape index (κ2) is 14.4. The molecule has 0 fully saturated rings. The van der Waals surface area contributed by atoms with Crippen LogP contribution in [0.2, 0.25) is 10.0 Å². The zero-order valence-corrected chi connectivity index (χ0v) is 27.6. The maximum absolute atomic E-state index is 14.0. The molecule has 0 saturated heterocycles. The minimum absolute atomic E-state index is 0.192. The average Bonchev–Trinajstić information content (AvgIpc) is 3.30. The normalized spacial score (nSPS) is 14.5. The van der Waals surface area contributed by atoms with Gasteiger partial charge >= 0.3 is 5.97 Å². The van der Waals surface area contributed by atoms with Crippen molar-refractivity contribution in [1.82, 2.24) is 4.57 Å². The van der Waals surface area contributed by atoms with Gasteiger partial charge in [0, 0.05) is 5.02 Å². The van der Waals surface area contributed by atoms with Crippen LogP contribution in [-0.4, -0.2) is 30.4 Å². The van der Waals surface area contributed by atoms with Gasteiger partial charge in [0.25, 0.3) is 5.56 Å². The second-order valence-electron chi connectivity index (χ2n) is 9.99. The molecule has 5 rings (SSSR count). The predicted molar refractivity (Wildman–Crippen MR) is 176 cm³/mol. The minimum atomic E-state index is -0.733. The largest absolute Gasteiger partial charge is 0.494 e. The van der Waals surface area contributed by atoms with E-state index in [4.69, 9.17) is 42.1 Å². The molecule has 234 valence electrons. The monoisotopic (exact) mass is 666 g/mol. The molecule has 11 heteroatoms. The lowest BCUT2D eigenvalue weighted by molar-refractivity contribution is -0.139. The number of esters is 1. The van der Waals surface area contributed by atoms with Crippen molar-refractivity contribution in [3.8, 4) is 17.2 Å². The Morgan fingerprint density at radius 3 is 2.42 bits per heavy atom. The van der Waals surface area contributed by atoms with Crippen LogP contribution in [0.1, 0.15) is 50.4 Å². The lowest BCUT2D eigenvalue weighted by Gasteiger charge is -2.24. The van der Waals surface area contributed by atoms with Crippen LogP contribution in [0.3, 0.4) is 0 Å². The fraction of sp³-hybridized carbons (Fsp3) is 0.265. The molecule has 0 radical (unpaired) electrons. The highest BCUT2D eigenvalue weighted by atomic mass is 35.5. The molecule has 1 aliphatic heterocycles. The first-order valence-electron chi connectivity index (χ1n) is 14.5. The summed E-state index contributed by atoms with van der Waals surface area (Å²) in [5.41, 5.74) is 2.74. The van der Waals surface area contributed by atoms with Gasteiger partial charge in [0.15, 0.2) is 16.3 Å². The first kappa shape index (κ1) is 32.3. The molecule has 8 nitrogen and oxygen atoms in total. The fourth-order valence-electron chi connectivity index (χ4n) is 5.03. The first-order valence-corrected chi connectivity index (χ1v) is 16.1. The van der Waals surface area contributed by atoms with Crippen molar-refractivity contribution in [3.05, 3.63) is 118 Å². The lowest BCUT2D eigenvalue weighted by Crippen LogP contribution is -2.39. The van der Waals surface area contributed by atoms with Crippen LogP contribution in [0, 0.1) is 0 Å². The van der Waals surface area contributed by atoms with Gasteiger partial charge in [-0.3, -0.25) is 9.36 Å². The van der Waals surface area contributed by atoms with Crippen LogP contribution in [0.5, 0.6) is 17.2 Å². The Morgan fingerprint density at radius 1 is 0.978 bits per heavy atom. The van der Waals surface area contributed by atoms with Gasteiger partial charge in [-0.25, -0.2) is 9.79 Å². The fourth-order valence-corrected chi connectivity index (χ4v) is 6.56. The maximum atomic E-state index is 14.0. The summed E-state index contributed by atoms with van der Waals surface area (Å²) >= 11 is 14.0. The number of rotatable bonds is 11. The molecule has 3 aromatic carbocycles. The molecule has 0 N–H and O–H groups in total. The van der Waals surface area contributed by atoms with Crippen molar-refractivity contribution in [2.45, 2.75) is 40.3 Å². The third-order valence-electron chi connectivity index (χ3n) is 6.93. The van der Waals surface area contributed by atoms with E-state index in [2.05, 4.69) is 4.99 Å². The highest BCUT2D eigenvalue weighted by Crippen LogP contribution is 2.38. The number of nitrogens with zero attached hydrogens (tertiary/aromatic N) is 2. The number of thiazole rings is 1. The standard InChI is InChI=1S/C34H32Cl2N2O6S/c1-5-41-25-13-11-23(12-14-25)30-29(33(40)43-7-3)20(4)37-34-38(30)32(39)28(45-34)18-22-16-26(36)31(27(17-22)42-6-2)44-19-21-9-8-10-24(35)15-21/h8-18,30H,5-7,19H2,1-4H3/b28-18-/t30-/m1/s1. The van der Waals surface area contributed by atoms with Crippen molar-refractivity contribution in [3.63, 3.8) is 0 Å². The van der Waals surface area contributed by atoms with Crippen LogP contribution >= 0.6 is 34.5 Å². The van der Waals surface area contributed by atoms with Gasteiger partial charge in [-0.05, 0) is 86.9 Å². The molecule has 0 saturated carbocycles. The Labute approximate surface area is 274 Å². The number of hydrogen-bond donors (Lipinski definition) is 0. The molecule has 2 heterocycles. The summed E-state index contributed by atoms with van der Waals surface area (Å²) in [4.78, 5) is 32.3. The van der Waals surface area contributed by atoms with Crippen molar-refractivity contribution in [2.24, 2.45) is 4.99 Å². The van der Waals surface area contributed by atoms with Crippen LogP contribution < -0.4 is 29.1 Å². The van der Waals surface area contributed by atoms with E-state index < -0.39 is 12.0 Å². The number of aromatic nitrogens is 1. The van der Waals surface area contributed by atoms with E-state index in [1.807, 2.05) is 56.3 Å². The molecule has 0 bridgehead atoms. The van der Waals surface area contributed by atoms with Gasteiger partial charge in [0.1, 0.15) is 12.4 Å². The molecule has 0 amide bonds. The first-order chi connectivity index (χ1) is 21.7. The van der Waals surface area contributed by atoms with E-state index in [9.17, 15) is 9.59 Å². The van der Waals surface area contributed by atoms with Gasteiger partial charge in [-0.2, -0.15) is 0 Å². The van der Waals surface area contributed by atoms with Gasteiger partial charge in [0.05, 0.1) is 46.7 Å².